The number of H-pyrrole nitrogens is 1. The number of ether oxygens (including phenoxy) is 4. The molecule has 0 aliphatic carbocycles. The van der Waals surface area contributed by atoms with Gasteiger partial charge < -0.3 is 29.7 Å². The maximum absolute atomic E-state index is 11.7. The molecule has 63 heavy (non-hydrogen) atoms. The fourth-order valence-corrected chi connectivity index (χ4v) is 5.35. The van der Waals surface area contributed by atoms with Crippen LogP contribution < -0.4 is 15.2 Å². The van der Waals surface area contributed by atoms with Crippen molar-refractivity contribution < 1.29 is 38.3 Å². The van der Waals surface area contributed by atoms with Crippen molar-refractivity contribution in [2.45, 2.75) is 61.4 Å². The van der Waals surface area contributed by atoms with E-state index in [9.17, 15) is 24.5 Å². The molecule has 0 aliphatic heterocycles. The number of benzene rings is 4. The molecule has 328 valence electrons. The molecule has 0 spiro atoms. The summed E-state index contributed by atoms with van der Waals surface area (Å²) in [7, 11) is 0. The van der Waals surface area contributed by atoms with Crippen LogP contribution in [0.4, 0.5) is 11.5 Å². The van der Waals surface area contributed by atoms with Crippen LogP contribution in [-0.2, 0) is 45.3 Å². The highest BCUT2D eigenvalue weighted by atomic mass is 16.6. The van der Waals surface area contributed by atoms with Gasteiger partial charge in [0.25, 0.3) is 0 Å². The minimum absolute atomic E-state index is 0. The largest absolute Gasteiger partial charge is 0.489 e. The van der Waals surface area contributed by atoms with E-state index in [1.54, 1.807) is 26.0 Å². The summed E-state index contributed by atoms with van der Waals surface area (Å²) in [5.41, 5.74) is 11.3. The van der Waals surface area contributed by atoms with Crippen LogP contribution in [0.5, 0.6) is 11.5 Å². The van der Waals surface area contributed by atoms with Crippen LogP contribution in [0.3, 0.4) is 0 Å². The average molecular weight is 857 g/mol. The molecule has 0 unspecified atom stereocenters. The third kappa shape index (κ3) is 15.9. The lowest BCUT2D eigenvalue weighted by Gasteiger charge is -2.06. The molecule has 7 aromatic rings. The molecule has 0 atom stereocenters. The second-order valence-electron chi connectivity index (χ2n) is 13.0. The van der Waals surface area contributed by atoms with Crippen LogP contribution in [0.25, 0.3) is 22.6 Å². The number of carbonyl (C=O) groups is 3. The molecule has 7 rings (SSSR count). The van der Waals surface area contributed by atoms with Gasteiger partial charge in [-0.1, -0.05) is 107 Å². The number of nitrogens with one attached hydrogen (secondary N) is 1. The number of aromatic amines is 1. The second kappa shape index (κ2) is 25.6. The summed E-state index contributed by atoms with van der Waals surface area (Å²) in [4.78, 5) is 58.9. The third-order valence-corrected chi connectivity index (χ3v) is 8.50. The van der Waals surface area contributed by atoms with Gasteiger partial charge in [0.2, 0.25) is 5.82 Å². The molecular weight excluding hydrogens is 805 g/mol. The lowest BCUT2D eigenvalue weighted by molar-refractivity contribution is -0.384. The van der Waals surface area contributed by atoms with Crippen LogP contribution in [-0.4, -0.2) is 49.7 Å². The van der Waals surface area contributed by atoms with E-state index in [0.717, 1.165) is 45.8 Å². The maximum Gasteiger partial charge on any atom is 0.311 e. The highest BCUT2D eigenvalue weighted by molar-refractivity contribution is 5.78. The molecule has 4 aromatic carbocycles. The number of hydrogen-bond donors (Lipinski definition) is 2. The van der Waals surface area contributed by atoms with Crippen molar-refractivity contribution in [1.29, 1.82) is 0 Å². The zero-order valence-corrected chi connectivity index (χ0v) is 33.6. The molecule has 0 radical (unpaired) electrons. The van der Waals surface area contributed by atoms with Gasteiger partial charge in [-0.25, -0.2) is 15.0 Å². The van der Waals surface area contributed by atoms with E-state index in [1.165, 1.54) is 12.1 Å². The standard InChI is InChI=1S/C23H21N3O3.C14H12O2.C9H11N3O4.2CH4/c1-2-28-21(27)14-18-12-13-20-23(24-18)26-22(25-20)17-10-8-16(9-11-17)15-29-19-6-4-3-5-7-19;15-10-12-6-8-13(9-7-12)11-16-14-4-2-1-3-5-14;1-2-8(13)16-5-6-3-4-7(12(14)15)9(10)11-6;;/h3-13H,2,14-15H2,1H3,(H,24,25,26);1-10H,11H2;3-4H,2,5H2,1H3,(H2,10,11);2*1H4. The smallest absolute Gasteiger partial charge is 0.311 e. The average Bonchev–Trinajstić information content (AvgIpc) is 3.72. The SMILES string of the molecule is C.C.CCC(=O)OCc1ccc([N+](=O)[O-])c(N)n1.CCOC(=O)Cc1ccc2[nH]c(-c3ccc(COc4ccccc4)cc3)nc2n1.O=Cc1ccc(COc2ccccc2)cc1. The first-order valence-corrected chi connectivity index (χ1v) is 19.2. The van der Waals surface area contributed by atoms with Gasteiger partial charge in [0.1, 0.15) is 43.4 Å². The number of hydrogen-bond acceptors (Lipinski definition) is 13. The van der Waals surface area contributed by atoms with Gasteiger partial charge in [0, 0.05) is 23.6 Å². The number of aromatic nitrogens is 4. The summed E-state index contributed by atoms with van der Waals surface area (Å²) in [6.45, 7) is 4.80. The summed E-state index contributed by atoms with van der Waals surface area (Å²) in [6, 6.07) is 41.1. The van der Waals surface area contributed by atoms with E-state index in [0.29, 0.717) is 42.4 Å². The number of esters is 2. The number of nitro groups is 1. The van der Waals surface area contributed by atoms with Gasteiger partial charge in [0.05, 0.1) is 34.9 Å². The Bertz CT molecular complexity index is 2500. The van der Waals surface area contributed by atoms with Crippen molar-refractivity contribution in [3.63, 3.8) is 0 Å². The summed E-state index contributed by atoms with van der Waals surface area (Å²) < 4.78 is 21.1. The zero-order chi connectivity index (χ0) is 43.4. The maximum atomic E-state index is 11.7. The van der Waals surface area contributed by atoms with E-state index >= 15 is 0 Å². The van der Waals surface area contributed by atoms with E-state index in [2.05, 4.69) is 19.9 Å². The third-order valence-electron chi connectivity index (χ3n) is 8.50. The van der Waals surface area contributed by atoms with Gasteiger partial charge in [-0.2, -0.15) is 0 Å². The van der Waals surface area contributed by atoms with Gasteiger partial charge in [0.15, 0.2) is 5.65 Å². The number of anilines is 1. The molecule has 15 nitrogen and oxygen atoms in total. The number of nitrogen functional groups attached to an aromatic ring is 1. The second-order valence-corrected chi connectivity index (χ2v) is 13.0. The predicted octanol–water partition coefficient (Wildman–Crippen LogP) is 9.68. The van der Waals surface area contributed by atoms with Gasteiger partial charge in [-0.15, -0.1) is 0 Å². The van der Waals surface area contributed by atoms with Crippen LogP contribution in [0.2, 0.25) is 0 Å². The lowest BCUT2D eigenvalue weighted by atomic mass is 10.1. The quantitative estimate of drug-likeness (QED) is 0.0426. The van der Waals surface area contributed by atoms with E-state index in [1.807, 2.05) is 109 Å². The van der Waals surface area contributed by atoms with Crippen molar-refractivity contribution in [3.8, 4) is 22.9 Å². The molecule has 0 bridgehead atoms. The first kappa shape index (κ1) is 49.4. The van der Waals surface area contributed by atoms with Crippen LogP contribution >= 0.6 is 0 Å². The fourth-order valence-electron chi connectivity index (χ4n) is 5.35. The highest BCUT2D eigenvalue weighted by Crippen LogP contribution is 2.22. The molecule has 0 amide bonds. The number of para-hydroxylation sites is 2. The Labute approximate surface area is 366 Å². The molecule has 3 N–H and O–H groups in total. The van der Waals surface area contributed by atoms with Gasteiger partial charge in [-0.05, 0) is 60.5 Å². The first-order valence-electron chi connectivity index (χ1n) is 19.2. The Morgan fingerprint density at radius 3 is 1.78 bits per heavy atom. The van der Waals surface area contributed by atoms with Gasteiger partial charge >= 0.3 is 17.6 Å². The number of carbonyl (C=O) groups excluding carboxylic acids is 3. The van der Waals surface area contributed by atoms with Crippen LogP contribution in [0.15, 0.2) is 133 Å². The van der Waals surface area contributed by atoms with Crippen molar-refractivity contribution in [1.82, 2.24) is 19.9 Å². The monoisotopic (exact) mass is 856 g/mol. The topological polar surface area (TPSA) is 212 Å². The van der Waals surface area contributed by atoms with Crippen LogP contribution in [0.1, 0.15) is 68.0 Å². The molecule has 0 saturated heterocycles. The van der Waals surface area contributed by atoms with Crippen molar-refractivity contribution in [2.24, 2.45) is 0 Å². The van der Waals surface area contributed by atoms with E-state index in [4.69, 9.17) is 24.7 Å². The molecular formula is C48H52N6O9. The number of fused-ring (bicyclic) bond motifs is 1. The molecule has 15 heteroatoms. The number of aldehydes is 1. The Hall–Kier alpha value is -7.94. The molecule has 3 aromatic heterocycles. The zero-order valence-electron chi connectivity index (χ0n) is 33.6. The highest BCUT2D eigenvalue weighted by Gasteiger charge is 2.14. The summed E-state index contributed by atoms with van der Waals surface area (Å²) >= 11 is 0. The summed E-state index contributed by atoms with van der Waals surface area (Å²) in [6.07, 6.45) is 1.24. The van der Waals surface area contributed by atoms with Crippen molar-refractivity contribution in [2.75, 3.05) is 12.3 Å². The number of nitrogens with zero attached hydrogens (tertiary/aromatic N) is 4. The van der Waals surface area contributed by atoms with Crippen molar-refractivity contribution in [3.05, 3.63) is 172 Å². The summed E-state index contributed by atoms with van der Waals surface area (Å²) in [5.74, 6) is 1.59. The lowest BCUT2D eigenvalue weighted by Crippen LogP contribution is -2.08. The number of nitrogens with two attached hydrogens (primary N) is 1. The Kier molecular flexibility index (Phi) is 20.1. The molecule has 0 fully saturated rings. The molecule has 0 saturated carbocycles. The Morgan fingerprint density at radius 1 is 0.683 bits per heavy atom. The number of pyridine rings is 2. The Morgan fingerprint density at radius 2 is 1.25 bits per heavy atom. The Balaban J connectivity index is 0.000000267. The normalized spacial score (nSPS) is 9.94. The summed E-state index contributed by atoms with van der Waals surface area (Å²) in [5, 5.41) is 10.4. The molecule has 0 aliphatic rings. The minimum atomic E-state index is -0.621. The first-order chi connectivity index (χ1) is 29.6. The van der Waals surface area contributed by atoms with Crippen LogP contribution in [0, 0.1) is 10.1 Å². The van der Waals surface area contributed by atoms with Gasteiger partial charge in [-0.3, -0.25) is 24.5 Å². The van der Waals surface area contributed by atoms with E-state index < -0.39 is 4.92 Å². The minimum Gasteiger partial charge on any atom is -0.489 e. The number of imidazole rings is 1. The molecule has 3 heterocycles. The number of rotatable bonds is 15. The predicted molar refractivity (Wildman–Crippen MR) is 242 cm³/mol. The van der Waals surface area contributed by atoms with E-state index in [-0.39, 0.29) is 57.7 Å². The van der Waals surface area contributed by atoms with Crippen molar-refractivity contribution >= 4 is 40.9 Å². The fraction of sp³-hybridized carbons (Fsp3) is 0.208.